The fourth-order valence-electron chi connectivity index (χ4n) is 4.31. The van der Waals surface area contributed by atoms with Crippen molar-refractivity contribution in [3.8, 4) is 0 Å². The van der Waals surface area contributed by atoms with Gasteiger partial charge in [-0.05, 0) is 48.7 Å². The Morgan fingerprint density at radius 2 is 1.94 bits per heavy atom. The molecule has 3 heterocycles. The van der Waals surface area contributed by atoms with Crippen molar-refractivity contribution < 1.29 is 18.9 Å². The van der Waals surface area contributed by atoms with Crippen molar-refractivity contribution in [3.05, 3.63) is 84.7 Å². The molecule has 1 saturated heterocycles. The molecule has 0 N–H and O–H groups in total. The van der Waals surface area contributed by atoms with Gasteiger partial charge in [0.05, 0.1) is 28.0 Å². The van der Waals surface area contributed by atoms with Gasteiger partial charge in [0.15, 0.2) is 5.43 Å². The molecule has 1 aromatic heterocycles. The minimum absolute atomic E-state index is 0.0128. The number of ether oxygens (including phenoxy) is 1. The summed E-state index contributed by atoms with van der Waals surface area (Å²) in [5.74, 6) is -0.413. The minimum Gasteiger partial charge on any atom is -0.450 e. The second-order valence-corrected chi connectivity index (χ2v) is 8.09. The molecule has 2 atom stereocenters. The number of benzene rings is 2. The van der Waals surface area contributed by atoms with Gasteiger partial charge in [0.2, 0.25) is 5.76 Å². The summed E-state index contributed by atoms with van der Waals surface area (Å²) in [5, 5.41) is 11.7. The van der Waals surface area contributed by atoms with Crippen LogP contribution in [0.5, 0.6) is 0 Å². The van der Waals surface area contributed by atoms with E-state index in [1.807, 2.05) is 0 Å². The zero-order chi connectivity index (χ0) is 21.7. The molecule has 31 heavy (non-hydrogen) atoms. The van der Waals surface area contributed by atoms with E-state index in [0.717, 1.165) is 12.8 Å². The molecule has 3 aromatic rings. The molecule has 0 spiro atoms. The first-order valence-corrected chi connectivity index (χ1v) is 10.2. The molecule has 5 rings (SSSR count). The van der Waals surface area contributed by atoms with Crippen molar-refractivity contribution in [1.82, 2.24) is 4.90 Å². The molecule has 8 nitrogen and oxygen atoms in total. The van der Waals surface area contributed by atoms with Crippen LogP contribution >= 0.6 is 11.6 Å². The van der Waals surface area contributed by atoms with Crippen LogP contribution in [-0.2, 0) is 4.74 Å². The predicted molar refractivity (Wildman–Crippen MR) is 112 cm³/mol. The van der Waals surface area contributed by atoms with Crippen LogP contribution in [0.1, 0.15) is 40.6 Å². The number of carbonyl (C=O) groups is 1. The first kappa shape index (κ1) is 19.7. The van der Waals surface area contributed by atoms with Crippen LogP contribution in [0.2, 0.25) is 5.02 Å². The van der Waals surface area contributed by atoms with Gasteiger partial charge in [0.25, 0.3) is 11.6 Å². The fourth-order valence-corrected chi connectivity index (χ4v) is 4.49. The van der Waals surface area contributed by atoms with Crippen LogP contribution < -0.4 is 5.43 Å². The average molecular weight is 441 g/mol. The molecule has 0 saturated carbocycles. The van der Waals surface area contributed by atoms with Crippen LogP contribution in [0.25, 0.3) is 11.0 Å². The Balaban J connectivity index is 1.69. The van der Waals surface area contributed by atoms with Gasteiger partial charge < -0.3 is 14.1 Å². The molecule has 0 aliphatic carbocycles. The van der Waals surface area contributed by atoms with Gasteiger partial charge in [-0.15, -0.1) is 0 Å². The fraction of sp³-hybridized carbons (Fsp3) is 0.273. The summed E-state index contributed by atoms with van der Waals surface area (Å²) in [7, 11) is 0. The number of nitro benzene ring substituents is 1. The van der Waals surface area contributed by atoms with Gasteiger partial charge in [-0.2, -0.15) is 0 Å². The molecule has 1 fully saturated rings. The lowest BCUT2D eigenvalue weighted by Gasteiger charge is -2.27. The molecule has 0 radical (unpaired) electrons. The molecule has 9 heteroatoms. The third-order valence-electron chi connectivity index (χ3n) is 5.77. The Hall–Kier alpha value is -3.23. The third-order valence-corrected chi connectivity index (χ3v) is 6.01. The van der Waals surface area contributed by atoms with Gasteiger partial charge in [-0.1, -0.05) is 11.6 Å². The van der Waals surface area contributed by atoms with Crippen LogP contribution in [-0.4, -0.2) is 35.0 Å². The van der Waals surface area contributed by atoms with E-state index in [1.54, 1.807) is 29.2 Å². The Bertz CT molecular complexity index is 1260. The predicted octanol–water partition coefficient (Wildman–Crippen LogP) is 4.08. The normalized spacial score (nSPS) is 20.4. The highest BCUT2D eigenvalue weighted by atomic mass is 35.5. The smallest absolute Gasteiger partial charge is 0.291 e. The summed E-state index contributed by atoms with van der Waals surface area (Å²) in [5.41, 5.74) is 0.667. The van der Waals surface area contributed by atoms with E-state index < -0.39 is 16.9 Å². The number of amides is 1. The highest BCUT2D eigenvalue weighted by molar-refractivity contribution is 6.31. The lowest BCUT2D eigenvalue weighted by Crippen LogP contribution is -2.36. The topological polar surface area (TPSA) is 103 Å². The second-order valence-electron chi connectivity index (χ2n) is 7.66. The first-order valence-electron chi connectivity index (χ1n) is 9.87. The van der Waals surface area contributed by atoms with Gasteiger partial charge in [-0.25, -0.2) is 0 Å². The van der Waals surface area contributed by atoms with Crippen molar-refractivity contribution in [2.45, 2.75) is 25.0 Å². The van der Waals surface area contributed by atoms with Crippen molar-refractivity contribution >= 4 is 34.2 Å². The van der Waals surface area contributed by atoms with E-state index in [2.05, 4.69) is 0 Å². The van der Waals surface area contributed by atoms with Crippen LogP contribution in [0.3, 0.4) is 0 Å². The Kier molecular flexibility index (Phi) is 4.75. The second kappa shape index (κ2) is 7.47. The molecule has 2 aliphatic heterocycles. The maximum atomic E-state index is 13.4. The molecule has 2 aliphatic rings. The van der Waals surface area contributed by atoms with Gasteiger partial charge >= 0.3 is 0 Å². The summed E-state index contributed by atoms with van der Waals surface area (Å²) >= 11 is 6.07. The summed E-state index contributed by atoms with van der Waals surface area (Å²) in [6.45, 7) is 0.919. The van der Waals surface area contributed by atoms with E-state index in [1.165, 1.54) is 18.2 Å². The SMILES string of the molecule is O=C1c2oc3ccc(Cl)cc3c(=O)c2[C@@H](c2ccc([N+](=O)[O-])cc2)N1C[C@@H]1CCCO1. The number of nitrogens with zero attached hydrogens (tertiary/aromatic N) is 2. The maximum absolute atomic E-state index is 13.4. The number of non-ortho nitro benzene ring substituents is 1. The summed E-state index contributed by atoms with van der Waals surface area (Å²) < 4.78 is 11.6. The van der Waals surface area contributed by atoms with E-state index in [-0.39, 0.29) is 39.5 Å². The molecule has 2 aromatic carbocycles. The average Bonchev–Trinajstić information content (AvgIpc) is 3.36. The molecule has 0 unspecified atom stereocenters. The Morgan fingerprint density at radius 1 is 1.16 bits per heavy atom. The number of halogens is 1. The largest absolute Gasteiger partial charge is 0.450 e. The highest BCUT2D eigenvalue weighted by Gasteiger charge is 2.44. The molecule has 158 valence electrons. The first-order chi connectivity index (χ1) is 14.9. The van der Waals surface area contributed by atoms with Crippen LogP contribution in [0, 0.1) is 10.1 Å². The molecule has 0 bridgehead atoms. The lowest BCUT2D eigenvalue weighted by atomic mass is 9.98. The molecular formula is C22H17ClN2O6. The summed E-state index contributed by atoms with van der Waals surface area (Å²) in [6.07, 6.45) is 1.57. The number of hydrogen-bond acceptors (Lipinski definition) is 6. The van der Waals surface area contributed by atoms with E-state index in [4.69, 9.17) is 20.8 Å². The van der Waals surface area contributed by atoms with Crippen molar-refractivity contribution in [2.75, 3.05) is 13.2 Å². The van der Waals surface area contributed by atoms with E-state index >= 15 is 0 Å². The molecular weight excluding hydrogens is 424 g/mol. The standard InChI is InChI=1S/C22H17ClN2O6/c23-13-5-8-17-16(10-13)20(26)18-19(12-3-6-14(7-4-12)25(28)29)24(22(27)21(18)31-17)11-15-2-1-9-30-15/h3-8,10,15,19H,1-2,9,11H2/t15-,19+/m0/s1. The van der Waals surface area contributed by atoms with Crippen LogP contribution in [0.15, 0.2) is 51.7 Å². The van der Waals surface area contributed by atoms with Gasteiger partial charge in [0.1, 0.15) is 5.58 Å². The van der Waals surface area contributed by atoms with E-state index in [9.17, 15) is 19.7 Å². The minimum atomic E-state index is -0.730. The van der Waals surface area contributed by atoms with Crippen molar-refractivity contribution in [2.24, 2.45) is 0 Å². The maximum Gasteiger partial charge on any atom is 0.291 e. The van der Waals surface area contributed by atoms with Gasteiger partial charge in [0, 0.05) is 30.3 Å². The quantitative estimate of drug-likeness (QED) is 0.447. The zero-order valence-corrected chi connectivity index (χ0v) is 17.0. The monoisotopic (exact) mass is 440 g/mol. The zero-order valence-electron chi connectivity index (χ0n) is 16.2. The number of fused-ring (bicyclic) bond motifs is 2. The highest BCUT2D eigenvalue weighted by Crippen LogP contribution is 2.39. The Labute approximate surface area is 181 Å². The summed E-state index contributed by atoms with van der Waals surface area (Å²) in [6, 6.07) is 9.80. The summed E-state index contributed by atoms with van der Waals surface area (Å²) in [4.78, 5) is 38.9. The lowest BCUT2D eigenvalue weighted by molar-refractivity contribution is -0.384. The number of nitro groups is 1. The number of hydrogen-bond donors (Lipinski definition) is 0. The third kappa shape index (κ3) is 3.28. The number of carbonyl (C=O) groups excluding carboxylic acids is 1. The Morgan fingerprint density at radius 3 is 2.61 bits per heavy atom. The van der Waals surface area contributed by atoms with Crippen LogP contribution in [0.4, 0.5) is 5.69 Å². The van der Waals surface area contributed by atoms with Gasteiger partial charge in [-0.3, -0.25) is 19.7 Å². The molecule has 1 amide bonds. The van der Waals surface area contributed by atoms with Crippen molar-refractivity contribution in [1.29, 1.82) is 0 Å². The van der Waals surface area contributed by atoms with Crippen molar-refractivity contribution in [3.63, 3.8) is 0 Å². The van der Waals surface area contributed by atoms with E-state index in [0.29, 0.717) is 23.7 Å². The number of rotatable bonds is 4.